The molecular weight excluding hydrogens is 1710 g/mol. The zero-order chi connectivity index (χ0) is 94.3. The first-order valence-corrected chi connectivity index (χ1v) is 41.8. The topological polar surface area (TPSA) is 489 Å². The number of aromatic amines is 9. The molecule has 1 atom stereocenters. The molecule has 9 aromatic rings. The summed E-state index contributed by atoms with van der Waals surface area (Å²) in [5.74, 6) is 8.91. The summed E-state index contributed by atoms with van der Waals surface area (Å²) < 4.78 is 2.94. The molecule has 0 radical (unpaired) electrons. The van der Waals surface area contributed by atoms with Gasteiger partial charge in [0.15, 0.2) is 5.43 Å². The quantitative estimate of drug-likeness (QED) is 0.0399. The highest BCUT2D eigenvalue weighted by molar-refractivity contribution is 9.10. The van der Waals surface area contributed by atoms with Crippen LogP contribution in [0.15, 0.2) is 183 Å². The maximum absolute atomic E-state index is 11.2. The maximum Gasteiger partial charge on any atom is 0.343 e. The number of aryl methyl sites for hydroxylation is 1. The number of nitrogens with one attached hydrogen (secondary N) is 13. The molecule has 3 aliphatic rings. The molecular formula is C94H160BrN23O11. The monoisotopic (exact) mass is 1870 g/mol. The zero-order valence-electron chi connectivity index (χ0n) is 77.6. The lowest BCUT2D eigenvalue weighted by Crippen LogP contribution is -2.43. The number of aliphatic imine (C=N–C) groups is 3. The van der Waals surface area contributed by atoms with Crippen molar-refractivity contribution in [3.05, 3.63) is 280 Å². The molecule has 11 heterocycles. The van der Waals surface area contributed by atoms with E-state index in [2.05, 4.69) is 198 Å². The van der Waals surface area contributed by atoms with E-state index >= 15 is 0 Å². The van der Waals surface area contributed by atoms with Crippen molar-refractivity contribution in [1.29, 1.82) is 0 Å². The van der Waals surface area contributed by atoms with Crippen LogP contribution in [0, 0.1) is 11.8 Å². The van der Waals surface area contributed by atoms with E-state index in [4.69, 9.17) is 0 Å². The number of pyridine rings is 2. The van der Waals surface area contributed by atoms with Gasteiger partial charge in [0.2, 0.25) is 16.4 Å². The SMILES string of the molecule is C.C.C.C.C.C.C=C1C=CN=C(C(C)C)N1.C=C1NC(C(C)C)=NC1(C)C.CC(C)c1cc(=O)[nH]c(=O)[nH]1.CC(C)c1cc(=O)cc[nH]1.CC(C)c1cc(=O)n(C)c(=O)[nH]1.CC(C)c1cccc(=O)[nH]1.CC(C)c1cncc(=O)[nH]1.CC(C)c1nc(Br)cc(=O)[nH]1.CC(C)c1ncn[nH]1.CC(C)c1nn(C)c(=O)[nH]1.CC1=NCC(C)N1.CCNc1c(C(C)(C)C)c(=O)c1=O. The standard InChI is InChI=1S/C10H15NO2.C9H16N2.C8H12N2O2.C8H12N2.2C8H11NO.C7H9BrN2O.C7H10N2O2.C7H10N2O.C6H11N3O.C5H9N3.C5H10N2.6CH4/c1-5-11-7-6(10(2,3)4)8(12)9(7)13;1-6(2)8-10-7(3)9(4,5)11-8;1-5(2)6-4-7(11)10(3)8(12)9-6;1-6(2)8-9-5-4-7(3)10-8;1-6(2)8-5-7(10)3-4-9-8;1-6(2)7-4-3-5-8(10)9-7;1-4(2)7-9-5(8)3-6(11)10-7;1-4(2)5-3-6(10)9-7(11)8-5;1-5(2)6-3-8-4-7(10)9-6;1-4(2)5-7-6(10)9(3)8-5;1-4(2)5-6-3-7-8-5;1-4-3-6-5(2)7-4;;;;;;/h11H,5H2,1-4H3;6H,3H2,1-2,4-5H3,(H,10,11);4-5H,1-3H3,(H,9,12);4-6H,3H2,1-2H3,(H,9,10);2*3-6H,1-2H3,(H,9,10);3-4H,1-2H3,(H,9,10,11);3-4H,1-2H3,(H2,8,9,10,11);3-5H,1-2H3,(H,9,10);4H,1-3H3,(H,7,8,10);3-4H,1-2H3,(H,6,7,8);4H,3H2,1-2H3,(H,6,7);6*1H4. The van der Waals surface area contributed by atoms with Crippen LogP contribution in [0.4, 0.5) is 5.69 Å². The highest BCUT2D eigenvalue weighted by Crippen LogP contribution is 2.26. The van der Waals surface area contributed by atoms with Gasteiger partial charge in [-0.05, 0) is 97.7 Å². The number of amidine groups is 3. The van der Waals surface area contributed by atoms with Gasteiger partial charge in [-0.25, -0.2) is 34.0 Å². The van der Waals surface area contributed by atoms with E-state index < -0.39 is 5.69 Å². The van der Waals surface area contributed by atoms with Gasteiger partial charge in [-0.1, -0.05) is 223 Å². The van der Waals surface area contributed by atoms with Crippen molar-refractivity contribution in [3.63, 3.8) is 0 Å². The fourth-order valence-corrected chi connectivity index (χ4v) is 10.2. The molecule has 129 heavy (non-hydrogen) atoms. The first kappa shape index (κ1) is 128. The fourth-order valence-electron chi connectivity index (χ4n) is 9.75. The first-order chi connectivity index (χ1) is 57.0. The van der Waals surface area contributed by atoms with Crippen LogP contribution in [-0.4, -0.2) is 122 Å². The molecule has 0 amide bonds. The number of anilines is 1. The minimum absolute atomic E-state index is 0. The van der Waals surface area contributed by atoms with Crippen molar-refractivity contribution >= 4 is 39.1 Å². The van der Waals surface area contributed by atoms with E-state index in [1.54, 1.807) is 37.8 Å². The second-order valence-corrected chi connectivity index (χ2v) is 34.2. The fraction of sp³-hybridized carbons (Fsp3) is 0.543. The highest BCUT2D eigenvalue weighted by Gasteiger charge is 2.31. The largest absolute Gasteiger partial charge is 0.382 e. The van der Waals surface area contributed by atoms with E-state index in [1.165, 1.54) is 54.6 Å². The summed E-state index contributed by atoms with van der Waals surface area (Å²) in [4.78, 5) is 165. The second kappa shape index (κ2) is 62.3. The normalized spacial score (nSPS) is 12.7. The van der Waals surface area contributed by atoms with E-state index in [1.807, 2.05) is 144 Å². The molecule has 1 unspecified atom stereocenters. The Morgan fingerprint density at radius 2 is 1.09 bits per heavy atom. The average molecular weight is 1870 g/mol. The number of nitrogens with zero attached hydrogens (tertiary/aromatic N) is 10. The lowest BCUT2D eigenvalue weighted by atomic mass is 9.82. The molecule has 724 valence electrons. The summed E-state index contributed by atoms with van der Waals surface area (Å²) in [6, 6.07) is 13.2. The molecule has 13 N–H and O–H groups in total. The molecule has 0 aliphatic carbocycles. The number of hydrogen-bond acceptors (Lipinski definition) is 23. The third-order valence-corrected chi connectivity index (χ3v) is 17.7. The van der Waals surface area contributed by atoms with Crippen LogP contribution in [0.5, 0.6) is 0 Å². The molecule has 1 aromatic carbocycles. The van der Waals surface area contributed by atoms with Gasteiger partial charge in [-0.15, -0.1) is 0 Å². The van der Waals surface area contributed by atoms with Gasteiger partial charge >= 0.3 is 17.1 Å². The molecule has 3 aliphatic heterocycles. The lowest BCUT2D eigenvalue weighted by molar-refractivity contribution is 0.580. The van der Waals surface area contributed by atoms with Gasteiger partial charge in [-0.2, -0.15) is 10.2 Å². The van der Waals surface area contributed by atoms with Gasteiger partial charge in [0.05, 0.1) is 29.8 Å². The molecule has 35 heteroatoms. The van der Waals surface area contributed by atoms with Crippen LogP contribution in [-0.2, 0) is 19.5 Å². The number of halogens is 1. The van der Waals surface area contributed by atoms with Gasteiger partial charge in [0, 0.05) is 157 Å². The minimum atomic E-state index is -0.443. The Balaban J connectivity index is -0.000000319. The molecule has 0 saturated heterocycles. The molecule has 0 saturated carbocycles. The number of allylic oxidation sites excluding steroid dienone is 1. The molecule has 0 fully saturated rings. The van der Waals surface area contributed by atoms with Crippen LogP contribution in [0.3, 0.4) is 0 Å². The summed E-state index contributed by atoms with van der Waals surface area (Å²) in [6.45, 7) is 65.6. The van der Waals surface area contributed by atoms with Gasteiger partial charge < -0.3 is 51.2 Å². The van der Waals surface area contributed by atoms with E-state index in [-0.39, 0.29) is 135 Å². The van der Waals surface area contributed by atoms with Crippen LogP contribution < -0.4 is 82.4 Å². The minimum Gasteiger partial charge on any atom is -0.382 e. The Morgan fingerprint density at radius 1 is 0.558 bits per heavy atom. The molecule has 12 rings (SSSR count). The molecule has 8 aromatic heterocycles. The van der Waals surface area contributed by atoms with Crippen molar-refractivity contribution in [3.8, 4) is 0 Å². The van der Waals surface area contributed by atoms with Gasteiger partial charge in [0.25, 0.3) is 22.2 Å². The molecule has 0 bridgehead atoms. The smallest absolute Gasteiger partial charge is 0.343 e. The van der Waals surface area contributed by atoms with E-state index in [0.717, 1.165) is 68.7 Å². The summed E-state index contributed by atoms with van der Waals surface area (Å²) in [5.41, 5.74) is 4.48. The highest BCUT2D eigenvalue weighted by atomic mass is 79.9. The Labute approximate surface area is 772 Å². The Bertz CT molecular complexity index is 5340. The lowest BCUT2D eigenvalue weighted by Gasteiger charge is -2.23. The Morgan fingerprint density at radius 3 is 1.43 bits per heavy atom. The summed E-state index contributed by atoms with van der Waals surface area (Å²) in [6.07, 6.45) is 9.77. The zero-order valence-corrected chi connectivity index (χ0v) is 79.2. The van der Waals surface area contributed by atoms with Crippen molar-refractivity contribution in [2.45, 2.75) is 303 Å². The van der Waals surface area contributed by atoms with Crippen LogP contribution in [0.25, 0.3) is 0 Å². The van der Waals surface area contributed by atoms with Crippen molar-refractivity contribution < 1.29 is 0 Å². The Hall–Kier alpha value is -11.9. The molecule has 0 spiro atoms. The van der Waals surface area contributed by atoms with Crippen molar-refractivity contribution in [2.75, 3.05) is 18.4 Å². The van der Waals surface area contributed by atoms with Crippen LogP contribution >= 0.6 is 15.9 Å². The summed E-state index contributed by atoms with van der Waals surface area (Å²) in [7, 11) is 3.08. The van der Waals surface area contributed by atoms with E-state index in [9.17, 15) is 52.7 Å². The number of rotatable bonds is 12. The van der Waals surface area contributed by atoms with Crippen LogP contribution in [0.1, 0.15) is 337 Å². The summed E-state index contributed by atoms with van der Waals surface area (Å²) in [5, 5.41) is 22.8. The van der Waals surface area contributed by atoms with Gasteiger partial charge in [-0.3, -0.25) is 73.0 Å². The summed E-state index contributed by atoms with van der Waals surface area (Å²) >= 11 is 3.15. The predicted octanol–water partition coefficient (Wildman–Crippen LogP) is 15.9. The third kappa shape index (κ3) is 48.7. The predicted molar refractivity (Wildman–Crippen MR) is 542 cm³/mol. The number of hydrogen-bond donors (Lipinski definition) is 13. The number of H-pyrrole nitrogens is 9. The molecule has 34 nitrogen and oxygen atoms in total. The van der Waals surface area contributed by atoms with E-state index in [0.29, 0.717) is 81.2 Å². The first-order valence-electron chi connectivity index (χ1n) is 41.0. The maximum atomic E-state index is 11.2. The third-order valence-electron chi connectivity index (χ3n) is 17.3. The van der Waals surface area contributed by atoms with Crippen molar-refractivity contribution in [1.82, 2.24) is 95.3 Å². The van der Waals surface area contributed by atoms with Crippen LogP contribution in [0.2, 0.25) is 0 Å². The van der Waals surface area contributed by atoms with Crippen molar-refractivity contribution in [2.24, 2.45) is 40.9 Å². The second-order valence-electron chi connectivity index (χ2n) is 33.4. The Kier molecular flexibility index (Phi) is 61.8. The van der Waals surface area contributed by atoms with Gasteiger partial charge in [0.1, 0.15) is 40.1 Å². The number of aromatic nitrogens is 16. The average Bonchev–Trinajstić information content (AvgIpc) is 1.18.